The highest BCUT2D eigenvalue weighted by atomic mass is 16.5. The molecule has 1 N–H and O–H groups in total. The fourth-order valence-electron chi connectivity index (χ4n) is 2.94. The summed E-state index contributed by atoms with van der Waals surface area (Å²) in [6.45, 7) is 1.13. The monoisotopic (exact) mass is 232 g/mol. The Hall–Kier alpha value is -0.860. The third-order valence-corrected chi connectivity index (χ3v) is 4.28. The van der Waals surface area contributed by atoms with Gasteiger partial charge < -0.3 is 9.84 Å². The SMILES string of the molecule is OCC1CC1C1CC(OCc2ccccc2)C1. The van der Waals surface area contributed by atoms with Crippen molar-refractivity contribution in [1.82, 2.24) is 0 Å². The van der Waals surface area contributed by atoms with Crippen molar-refractivity contribution >= 4 is 0 Å². The molecule has 0 aromatic heterocycles. The Morgan fingerprint density at radius 3 is 2.53 bits per heavy atom. The number of benzene rings is 1. The van der Waals surface area contributed by atoms with Gasteiger partial charge in [-0.2, -0.15) is 0 Å². The maximum Gasteiger partial charge on any atom is 0.0720 e. The van der Waals surface area contributed by atoms with Crippen LogP contribution in [0.2, 0.25) is 0 Å². The molecule has 0 amide bonds. The second-order valence-electron chi connectivity index (χ2n) is 5.49. The molecule has 2 fully saturated rings. The van der Waals surface area contributed by atoms with Gasteiger partial charge in [0.1, 0.15) is 0 Å². The zero-order chi connectivity index (χ0) is 11.7. The third-order valence-electron chi connectivity index (χ3n) is 4.28. The molecule has 0 saturated heterocycles. The molecule has 17 heavy (non-hydrogen) atoms. The summed E-state index contributed by atoms with van der Waals surface area (Å²) in [6.07, 6.45) is 4.11. The summed E-state index contributed by atoms with van der Waals surface area (Å²) in [6, 6.07) is 10.4. The van der Waals surface area contributed by atoms with E-state index in [2.05, 4.69) is 24.3 Å². The third kappa shape index (κ3) is 2.53. The van der Waals surface area contributed by atoms with E-state index in [-0.39, 0.29) is 0 Å². The molecule has 0 spiro atoms. The Labute approximate surface area is 103 Å². The molecule has 92 valence electrons. The van der Waals surface area contributed by atoms with Gasteiger partial charge in [0.2, 0.25) is 0 Å². The molecule has 3 rings (SSSR count). The topological polar surface area (TPSA) is 29.5 Å². The van der Waals surface area contributed by atoms with E-state index in [1.165, 1.54) is 24.8 Å². The molecule has 2 aliphatic carbocycles. The summed E-state index contributed by atoms with van der Waals surface area (Å²) in [5.41, 5.74) is 1.26. The minimum atomic E-state index is 0.386. The lowest BCUT2D eigenvalue weighted by molar-refractivity contribution is -0.0477. The predicted molar refractivity (Wildman–Crippen MR) is 66.4 cm³/mol. The van der Waals surface area contributed by atoms with Gasteiger partial charge in [0.05, 0.1) is 12.7 Å². The van der Waals surface area contributed by atoms with Crippen LogP contribution < -0.4 is 0 Å². The van der Waals surface area contributed by atoms with Crippen LogP contribution in [0.15, 0.2) is 30.3 Å². The molecule has 2 nitrogen and oxygen atoms in total. The van der Waals surface area contributed by atoms with Crippen LogP contribution in [-0.4, -0.2) is 17.8 Å². The van der Waals surface area contributed by atoms with Crippen molar-refractivity contribution in [2.75, 3.05) is 6.61 Å². The highest BCUT2D eigenvalue weighted by molar-refractivity contribution is 5.13. The van der Waals surface area contributed by atoms with E-state index < -0.39 is 0 Å². The molecule has 1 aromatic rings. The van der Waals surface area contributed by atoms with Gasteiger partial charge in [0, 0.05) is 6.61 Å². The van der Waals surface area contributed by atoms with Crippen molar-refractivity contribution in [2.24, 2.45) is 17.8 Å². The minimum absolute atomic E-state index is 0.386. The van der Waals surface area contributed by atoms with Gasteiger partial charge in [0.25, 0.3) is 0 Å². The second kappa shape index (κ2) is 4.79. The van der Waals surface area contributed by atoms with Crippen molar-refractivity contribution in [1.29, 1.82) is 0 Å². The Kier molecular flexibility index (Phi) is 3.17. The molecule has 0 radical (unpaired) electrons. The Morgan fingerprint density at radius 2 is 1.88 bits per heavy atom. The molecule has 0 heterocycles. The van der Waals surface area contributed by atoms with Crippen LogP contribution >= 0.6 is 0 Å². The summed E-state index contributed by atoms with van der Waals surface area (Å²) in [5.74, 6) is 2.24. The number of hydrogen-bond donors (Lipinski definition) is 1. The second-order valence-corrected chi connectivity index (χ2v) is 5.49. The van der Waals surface area contributed by atoms with Crippen LogP contribution in [0.1, 0.15) is 24.8 Å². The molecule has 2 aliphatic rings. The summed E-state index contributed by atoms with van der Waals surface area (Å²) < 4.78 is 5.88. The van der Waals surface area contributed by atoms with Crippen molar-refractivity contribution in [3.8, 4) is 0 Å². The van der Waals surface area contributed by atoms with Gasteiger partial charge >= 0.3 is 0 Å². The Balaban J connectivity index is 1.37. The van der Waals surface area contributed by atoms with Crippen LogP contribution in [0.3, 0.4) is 0 Å². The first-order valence-electron chi connectivity index (χ1n) is 6.63. The van der Waals surface area contributed by atoms with Gasteiger partial charge in [-0.15, -0.1) is 0 Å². The molecule has 0 aliphatic heterocycles. The zero-order valence-electron chi connectivity index (χ0n) is 10.1. The van der Waals surface area contributed by atoms with Gasteiger partial charge in [-0.3, -0.25) is 0 Å². The zero-order valence-corrected chi connectivity index (χ0v) is 10.1. The van der Waals surface area contributed by atoms with Crippen molar-refractivity contribution in [3.63, 3.8) is 0 Å². The Morgan fingerprint density at radius 1 is 1.12 bits per heavy atom. The van der Waals surface area contributed by atoms with E-state index >= 15 is 0 Å². The average Bonchev–Trinajstić information content (AvgIpc) is 3.08. The van der Waals surface area contributed by atoms with E-state index in [1.807, 2.05) is 6.07 Å². The van der Waals surface area contributed by atoms with Gasteiger partial charge in [-0.25, -0.2) is 0 Å². The fourth-order valence-corrected chi connectivity index (χ4v) is 2.94. The lowest BCUT2D eigenvalue weighted by Gasteiger charge is -2.35. The first-order valence-corrected chi connectivity index (χ1v) is 6.63. The molecule has 1 aromatic carbocycles. The number of aliphatic hydroxyl groups is 1. The highest BCUT2D eigenvalue weighted by Gasteiger charge is 2.47. The van der Waals surface area contributed by atoms with Gasteiger partial charge in [-0.1, -0.05) is 30.3 Å². The molecule has 2 unspecified atom stereocenters. The average molecular weight is 232 g/mol. The van der Waals surface area contributed by atoms with E-state index in [0.29, 0.717) is 18.6 Å². The highest BCUT2D eigenvalue weighted by Crippen LogP contribution is 2.52. The number of rotatable bonds is 5. The van der Waals surface area contributed by atoms with Crippen LogP contribution in [0, 0.1) is 17.8 Å². The van der Waals surface area contributed by atoms with E-state index in [9.17, 15) is 0 Å². The van der Waals surface area contributed by atoms with Crippen molar-refractivity contribution in [3.05, 3.63) is 35.9 Å². The molecule has 2 saturated carbocycles. The lowest BCUT2D eigenvalue weighted by Crippen LogP contribution is -2.33. The molecular formula is C15H20O2. The van der Waals surface area contributed by atoms with Crippen LogP contribution in [-0.2, 0) is 11.3 Å². The van der Waals surface area contributed by atoms with E-state index in [0.717, 1.165) is 18.4 Å². The Bertz CT molecular complexity index is 356. The van der Waals surface area contributed by atoms with Crippen LogP contribution in [0.5, 0.6) is 0 Å². The maximum absolute atomic E-state index is 9.03. The maximum atomic E-state index is 9.03. The first kappa shape index (κ1) is 11.2. The first-order chi connectivity index (χ1) is 8.36. The van der Waals surface area contributed by atoms with Gasteiger partial charge in [-0.05, 0) is 42.6 Å². The fraction of sp³-hybridized carbons (Fsp3) is 0.600. The van der Waals surface area contributed by atoms with E-state index in [4.69, 9.17) is 9.84 Å². The quantitative estimate of drug-likeness (QED) is 0.845. The molecular weight excluding hydrogens is 212 g/mol. The standard InChI is InChI=1S/C15H20O2/c16-9-13-8-15(13)12-6-14(7-12)17-10-11-4-2-1-3-5-11/h1-5,12-16H,6-10H2. The summed E-state index contributed by atoms with van der Waals surface area (Å²) in [7, 11) is 0. The molecule has 2 heteroatoms. The lowest BCUT2D eigenvalue weighted by atomic mass is 9.78. The predicted octanol–water partition coefficient (Wildman–Crippen LogP) is 2.61. The largest absolute Gasteiger partial charge is 0.396 e. The van der Waals surface area contributed by atoms with Crippen LogP contribution in [0.4, 0.5) is 0 Å². The van der Waals surface area contributed by atoms with E-state index in [1.54, 1.807) is 0 Å². The van der Waals surface area contributed by atoms with Crippen molar-refractivity contribution < 1.29 is 9.84 Å². The smallest absolute Gasteiger partial charge is 0.0720 e. The van der Waals surface area contributed by atoms with Crippen molar-refractivity contribution in [2.45, 2.75) is 32.0 Å². The summed E-state index contributed by atoms with van der Waals surface area (Å²) in [4.78, 5) is 0. The molecule has 2 atom stereocenters. The molecule has 0 bridgehead atoms. The van der Waals surface area contributed by atoms with Gasteiger partial charge in [0.15, 0.2) is 0 Å². The minimum Gasteiger partial charge on any atom is -0.396 e. The number of aliphatic hydroxyl groups excluding tert-OH is 1. The number of hydrogen-bond acceptors (Lipinski definition) is 2. The van der Waals surface area contributed by atoms with Crippen LogP contribution in [0.25, 0.3) is 0 Å². The normalized spacial score (nSPS) is 35.4. The summed E-state index contributed by atoms with van der Waals surface area (Å²) >= 11 is 0. The number of ether oxygens (including phenoxy) is 1. The summed E-state index contributed by atoms with van der Waals surface area (Å²) in [5, 5.41) is 9.03.